The molecule has 0 saturated heterocycles. The lowest BCUT2D eigenvalue weighted by Gasteiger charge is -2.18. The van der Waals surface area contributed by atoms with Crippen molar-refractivity contribution in [3.05, 3.63) is 103 Å². The van der Waals surface area contributed by atoms with Gasteiger partial charge < -0.3 is 4.74 Å². The van der Waals surface area contributed by atoms with Crippen molar-refractivity contribution in [2.75, 3.05) is 0 Å². The maximum absolute atomic E-state index is 6.22. The van der Waals surface area contributed by atoms with E-state index < -0.39 is 0 Å². The van der Waals surface area contributed by atoms with Crippen LogP contribution in [0.15, 0.2) is 97.6 Å². The molecule has 0 amide bonds. The number of para-hydroxylation sites is 1. The third kappa shape index (κ3) is 3.09. The molecule has 0 heterocycles. The summed E-state index contributed by atoms with van der Waals surface area (Å²) in [6.45, 7) is 3.91. The summed E-state index contributed by atoms with van der Waals surface area (Å²) < 4.78 is 6.22. The lowest BCUT2D eigenvalue weighted by atomic mass is 10.0. The highest BCUT2D eigenvalue weighted by molar-refractivity contribution is 5.70. The molecule has 1 nitrogen and oxygen atoms in total. The summed E-state index contributed by atoms with van der Waals surface area (Å²) in [7, 11) is 0. The molecule has 1 heteroatoms. The van der Waals surface area contributed by atoms with Crippen molar-refractivity contribution in [2.24, 2.45) is 0 Å². The van der Waals surface area contributed by atoms with Gasteiger partial charge >= 0.3 is 0 Å². The highest BCUT2D eigenvalue weighted by atomic mass is 16.5. The van der Waals surface area contributed by atoms with Crippen molar-refractivity contribution in [1.82, 2.24) is 0 Å². The zero-order valence-electron chi connectivity index (χ0n) is 12.4. The van der Waals surface area contributed by atoms with Gasteiger partial charge in [0.25, 0.3) is 0 Å². The fourth-order valence-corrected chi connectivity index (χ4v) is 2.46. The van der Waals surface area contributed by atoms with E-state index in [1.54, 1.807) is 0 Å². The van der Waals surface area contributed by atoms with Crippen LogP contribution in [0.5, 0.6) is 5.75 Å². The van der Waals surface area contributed by atoms with Crippen LogP contribution in [0.2, 0.25) is 0 Å². The summed E-state index contributed by atoms with van der Waals surface area (Å²) >= 11 is 0. The van der Waals surface area contributed by atoms with Crippen LogP contribution in [0.25, 0.3) is 11.1 Å². The van der Waals surface area contributed by atoms with Crippen LogP contribution in [0.3, 0.4) is 0 Å². The van der Waals surface area contributed by atoms with E-state index in [-0.39, 0.29) is 6.10 Å². The van der Waals surface area contributed by atoms with E-state index in [4.69, 9.17) is 4.74 Å². The second kappa shape index (κ2) is 6.77. The van der Waals surface area contributed by atoms with E-state index in [0.29, 0.717) is 0 Å². The van der Waals surface area contributed by atoms with Crippen LogP contribution in [0, 0.1) is 0 Å². The van der Waals surface area contributed by atoms with Gasteiger partial charge in [-0.25, -0.2) is 0 Å². The van der Waals surface area contributed by atoms with Crippen molar-refractivity contribution < 1.29 is 4.74 Å². The Balaban J connectivity index is 1.94. The third-order valence-electron chi connectivity index (χ3n) is 3.57. The molecule has 3 aromatic rings. The number of hydrogen-bond acceptors (Lipinski definition) is 1. The average Bonchev–Trinajstić information content (AvgIpc) is 2.61. The molecular formula is C21H18O. The molecule has 0 fully saturated rings. The Kier molecular flexibility index (Phi) is 4.35. The van der Waals surface area contributed by atoms with Gasteiger partial charge in [0.15, 0.2) is 0 Å². The summed E-state index contributed by atoms with van der Waals surface area (Å²) in [5.41, 5.74) is 3.33. The molecule has 3 rings (SSSR count). The molecule has 3 aromatic carbocycles. The first-order valence-corrected chi connectivity index (χ1v) is 7.37. The second-order valence-electron chi connectivity index (χ2n) is 5.05. The Morgan fingerprint density at radius 3 is 2.00 bits per heavy atom. The zero-order valence-corrected chi connectivity index (χ0v) is 12.4. The number of rotatable bonds is 5. The number of hydrogen-bond donors (Lipinski definition) is 0. The van der Waals surface area contributed by atoms with Crippen molar-refractivity contribution >= 4 is 0 Å². The van der Waals surface area contributed by atoms with Gasteiger partial charge in [-0.05, 0) is 23.3 Å². The molecule has 0 radical (unpaired) electrons. The molecule has 0 bridgehead atoms. The predicted octanol–water partition coefficient (Wildman–Crippen LogP) is 5.66. The van der Waals surface area contributed by atoms with Crippen LogP contribution in [-0.4, -0.2) is 0 Å². The summed E-state index contributed by atoms with van der Waals surface area (Å²) in [6, 6.07) is 28.5. The van der Waals surface area contributed by atoms with Gasteiger partial charge in [-0.1, -0.05) is 85.4 Å². The monoisotopic (exact) mass is 286 g/mol. The highest BCUT2D eigenvalue weighted by Gasteiger charge is 2.12. The molecule has 1 unspecified atom stereocenters. The minimum Gasteiger partial charge on any atom is -0.481 e. The first-order valence-electron chi connectivity index (χ1n) is 7.37. The Morgan fingerprint density at radius 1 is 0.727 bits per heavy atom. The standard InChI is InChI=1S/C21H18O/c1-2-20(18-13-7-4-8-14-18)22-21-16-10-9-15-19(21)17-11-5-3-6-12-17/h2-16,20H,1H2. The van der Waals surface area contributed by atoms with Gasteiger partial charge in [0, 0.05) is 5.56 Å². The van der Waals surface area contributed by atoms with Crippen LogP contribution in [-0.2, 0) is 0 Å². The van der Waals surface area contributed by atoms with Crippen molar-refractivity contribution in [3.63, 3.8) is 0 Å². The molecule has 108 valence electrons. The molecule has 0 aromatic heterocycles. The van der Waals surface area contributed by atoms with E-state index in [1.165, 1.54) is 0 Å². The smallest absolute Gasteiger partial charge is 0.142 e. The molecular weight excluding hydrogens is 268 g/mol. The molecule has 22 heavy (non-hydrogen) atoms. The van der Waals surface area contributed by atoms with E-state index >= 15 is 0 Å². The van der Waals surface area contributed by atoms with Crippen LogP contribution < -0.4 is 4.74 Å². The fourth-order valence-electron chi connectivity index (χ4n) is 2.46. The van der Waals surface area contributed by atoms with Crippen molar-refractivity contribution in [3.8, 4) is 16.9 Å². The SMILES string of the molecule is C=CC(Oc1ccccc1-c1ccccc1)c1ccccc1. The van der Waals surface area contributed by atoms with Crippen molar-refractivity contribution in [2.45, 2.75) is 6.10 Å². The Morgan fingerprint density at radius 2 is 1.32 bits per heavy atom. The molecule has 0 spiro atoms. The molecule has 0 saturated carbocycles. The fraction of sp³-hybridized carbons (Fsp3) is 0.0476. The van der Waals surface area contributed by atoms with Gasteiger partial charge in [-0.15, -0.1) is 0 Å². The Bertz CT molecular complexity index is 732. The first-order chi connectivity index (χ1) is 10.9. The third-order valence-corrected chi connectivity index (χ3v) is 3.57. The minimum absolute atomic E-state index is 0.161. The minimum atomic E-state index is -0.161. The Hall–Kier alpha value is -2.80. The lowest BCUT2D eigenvalue weighted by molar-refractivity contribution is 0.257. The molecule has 0 N–H and O–H groups in total. The van der Waals surface area contributed by atoms with Gasteiger partial charge in [0.05, 0.1) is 0 Å². The molecule has 0 aliphatic rings. The summed E-state index contributed by atoms with van der Waals surface area (Å²) in [5.74, 6) is 0.863. The van der Waals surface area contributed by atoms with E-state index in [2.05, 4.69) is 36.9 Å². The van der Waals surface area contributed by atoms with E-state index in [9.17, 15) is 0 Å². The van der Waals surface area contributed by atoms with Gasteiger partial charge in [0.2, 0.25) is 0 Å². The quantitative estimate of drug-likeness (QED) is 0.550. The largest absolute Gasteiger partial charge is 0.481 e. The van der Waals surface area contributed by atoms with Crippen LogP contribution in [0.1, 0.15) is 11.7 Å². The summed E-state index contributed by atoms with van der Waals surface area (Å²) in [5, 5.41) is 0. The molecule has 0 aliphatic carbocycles. The van der Waals surface area contributed by atoms with Gasteiger partial charge in [-0.2, -0.15) is 0 Å². The van der Waals surface area contributed by atoms with E-state index in [1.807, 2.05) is 60.7 Å². The highest BCUT2D eigenvalue weighted by Crippen LogP contribution is 2.33. The first kappa shape index (κ1) is 14.2. The topological polar surface area (TPSA) is 9.23 Å². The summed E-state index contributed by atoms with van der Waals surface area (Å²) in [4.78, 5) is 0. The van der Waals surface area contributed by atoms with Crippen molar-refractivity contribution in [1.29, 1.82) is 0 Å². The van der Waals surface area contributed by atoms with Gasteiger partial charge in [0.1, 0.15) is 11.9 Å². The zero-order chi connectivity index (χ0) is 15.2. The van der Waals surface area contributed by atoms with Crippen LogP contribution in [0.4, 0.5) is 0 Å². The number of benzene rings is 3. The molecule has 1 atom stereocenters. The second-order valence-corrected chi connectivity index (χ2v) is 5.05. The number of ether oxygens (including phenoxy) is 1. The van der Waals surface area contributed by atoms with Gasteiger partial charge in [-0.3, -0.25) is 0 Å². The maximum Gasteiger partial charge on any atom is 0.142 e. The van der Waals surface area contributed by atoms with E-state index in [0.717, 1.165) is 22.4 Å². The maximum atomic E-state index is 6.22. The molecule has 0 aliphatic heterocycles. The van der Waals surface area contributed by atoms with Crippen LogP contribution >= 0.6 is 0 Å². The average molecular weight is 286 g/mol. The lowest BCUT2D eigenvalue weighted by Crippen LogP contribution is -2.05. The Labute approximate surface area is 131 Å². The normalized spacial score (nSPS) is 11.6. The predicted molar refractivity (Wildman–Crippen MR) is 91.9 cm³/mol. The summed E-state index contributed by atoms with van der Waals surface area (Å²) in [6.07, 6.45) is 1.67.